The quantitative estimate of drug-likeness (QED) is 0.129. The second-order valence-corrected chi connectivity index (χ2v) is 16.8. The van der Waals surface area contributed by atoms with Crippen molar-refractivity contribution in [3.63, 3.8) is 0 Å². The normalized spacial score (nSPS) is 32.3. The summed E-state index contributed by atoms with van der Waals surface area (Å²) in [5, 5.41) is 0. The second kappa shape index (κ2) is 20.7. The number of fused-ring (bicyclic) bond motifs is 2. The first-order valence-corrected chi connectivity index (χ1v) is 21.8. The molecular weight excluding hydrogens is 829 g/mol. The summed E-state index contributed by atoms with van der Waals surface area (Å²) in [6.07, 6.45) is -7.13. The van der Waals surface area contributed by atoms with E-state index in [4.69, 9.17) is 34.1 Å². The molecule has 0 spiro atoms. The summed E-state index contributed by atoms with van der Waals surface area (Å²) in [5.74, 6) is 0.590. The average Bonchev–Trinajstić information content (AvgIpc) is 1.58. The Morgan fingerprint density at radius 1 is 0.561 bits per heavy atom. The van der Waals surface area contributed by atoms with Gasteiger partial charge in [0.05, 0.1) is 43.8 Å². The van der Waals surface area contributed by atoms with Crippen LogP contribution in [0.4, 0.5) is 0 Å². The number of Topliss-reactive ketones (excluding diaryl/α,β-unsaturated/α-hetero) is 2. The number of ketones is 2. The summed E-state index contributed by atoms with van der Waals surface area (Å²) in [7, 11) is 0. The Kier molecular flexibility index (Phi) is 8.90. The third-order valence-corrected chi connectivity index (χ3v) is 12.3. The van der Waals surface area contributed by atoms with Crippen molar-refractivity contribution in [1.82, 2.24) is 19.6 Å². The molecular formula is C55H62N4O7. The molecule has 2 saturated heterocycles. The number of piperidine rings is 1. The van der Waals surface area contributed by atoms with E-state index < -0.39 is 83.4 Å². The number of benzene rings is 4. The van der Waals surface area contributed by atoms with E-state index in [2.05, 4.69) is 17.9 Å². The number of amides is 2. The molecule has 2 unspecified atom stereocenters. The molecule has 0 N–H and O–H groups in total. The minimum Gasteiger partial charge on any atom is -0.489 e. The number of hydrogen-bond donors (Lipinski definition) is 0. The molecule has 4 aromatic carbocycles. The molecule has 2 saturated carbocycles. The average molecular weight is 909 g/mol. The van der Waals surface area contributed by atoms with Crippen LogP contribution in [0.3, 0.4) is 0 Å². The van der Waals surface area contributed by atoms with Crippen molar-refractivity contribution in [3.8, 4) is 11.5 Å². The third kappa shape index (κ3) is 10.5. The predicted molar refractivity (Wildman–Crippen MR) is 253 cm³/mol. The molecule has 0 radical (unpaired) electrons. The summed E-state index contributed by atoms with van der Waals surface area (Å²) >= 11 is 0. The molecule has 2 amide bonds. The fraction of sp³-hybridized carbons (Fsp3) is 0.418. The topological polar surface area (TPSA) is 109 Å². The van der Waals surface area contributed by atoms with E-state index in [1.54, 1.807) is 94.7 Å². The Morgan fingerprint density at radius 3 is 1.42 bits per heavy atom. The van der Waals surface area contributed by atoms with Gasteiger partial charge in [-0.15, -0.1) is 0 Å². The van der Waals surface area contributed by atoms with Crippen LogP contribution in [0, 0.1) is 0 Å². The Morgan fingerprint density at radius 2 is 0.985 bits per heavy atom. The van der Waals surface area contributed by atoms with Crippen molar-refractivity contribution in [2.45, 2.75) is 109 Å². The summed E-state index contributed by atoms with van der Waals surface area (Å²) < 4.78 is 162. The minimum atomic E-state index is -3.45. The molecule has 4 heterocycles. The molecule has 2 aliphatic carbocycles. The fourth-order valence-electron chi connectivity index (χ4n) is 8.78. The number of nitrogens with zero attached hydrogens (tertiary/aromatic N) is 4. The van der Waals surface area contributed by atoms with Gasteiger partial charge in [0, 0.05) is 80.4 Å². The Hall–Kier alpha value is -5.88. The Bertz CT molecular complexity index is 3250. The van der Waals surface area contributed by atoms with Crippen molar-refractivity contribution in [3.05, 3.63) is 154 Å². The number of hydrogen-bond acceptors (Lipinski definition) is 9. The summed E-state index contributed by atoms with van der Waals surface area (Å²) in [6, 6.07) is 22.4. The maximum absolute atomic E-state index is 13.1. The first-order valence-electron chi connectivity index (χ1n) is 30.8. The van der Waals surface area contributed by atoms with E-state index in [0.717, 1.165) is 16.7 Å². The highest BCUT2D eigenvalue weighted by Crippen LogP contribution is 2.37. The van der Waals surface area contributed by atoms with Gasteiger partial charge in [0.1, 0.15) is 24.7 Å². The first kappa shape index (κ1) is 28.3. The molecule has 2 atom stereocenters. The lowest BCUT2D eigenvalue weighted by Crippen LogP contribution is -2.43. The number of morpholine rings is 1. The van der Waals surface area contributed by atoms with Gasteiger partial charge in [-0.1, -0.05) is 91.3 Å². The monoisotopic (exact) mass is 909 g/mol. The highest BCUT2D eigenvalue weighted by atomic mass is 16.5. The number of rotatable bonds is 12. The van der Waals surface area contributed by atoms with Gasteiger partial charge in [0.25, 0.3) is 11.8 Å². The van der Waals surface area contributed by atoms with Crippen molar-refractivity contribution in [2.24, 2.45) is 0 Å². The zero-order chi connectivity index (χ0) is 61.7. The zero-order valence-corrected chi connectivity index (χ0v) is 36.3. The van der Waals surface area contributed by atoms with Gasteiger partial charge in [-0.25, -0.2) is 0 Å². The number of carbonyl (C=O) groups excluding carboxylic acids is 4. The standard InChI is InChI=1S/C28H32N2O3.C27H30N2O4/c1-20-8-13-25(26(31)16-20)30-18-24-23(28(30)32)6-5-7-27(24)33-19-22-11-9-21(10-12-22)17-29-14-3-2-4-15-29;1-19-5-10-24(25(30)15-19)29-17-23-22(27(29)31)3-2-4-26(23)33-18-21-8-6-20(7-9-21)16-28-11-13-32-14-12-28/h5-7,9-12,25H,1-4,8,13-19H2;2-4,6-9,24H,1,5,10-18H2/i2D2,3D2,4D2,14D2,15D2;11D2,12D2,13D2,14D2. The smallest absolute Gasteiger partial charge is 0.255 e. The second-order valence-electron chi connectivity index (χ2n) is 16.8. The maximum Gasteiger partial charge on any atom is 0.255 e. The molecule has 0 bridgehead atoms. The lowest BCUT2D eigenvalue weighted by Gasteiger charge is -2.30. The maximum atomic E-state index is 13.1. The van der Waals surface area contributed by atoms with Crippen LogP contribution in [-0.2, 0) is 53.7 Å². The van der Waals surface area contributed by atoms with Crippen LogP contribution >= 0.6 is 0 Å². The van der Waals surface area contributed by atoms with E-state index >= 15 is 0 Å². The number of ether oxygens (including phenoxy) is 3. The molecule has 344 valence electrons. The largest absolute Gasteiger partial charge is 0.489 e. The van der Waals surface area contributed by atoms with Gasteiger partial charge in [-0.2, -0.15) is 0 Å². The lowest BCUT2D eigenvalue weighted by atomic mass is 9.89. The van der Waals surface area contributed by atoms with Gasteiger partial charge in [0.15, 0.2) is 11.6 Å². The van der Waals surface area contributed by atoms with Crippen LogP contribution in [0.25, 0.3) is 0 Å². The lowest BCUT2D eigenvalue weighted by molar-refractivity contribution is -0.124. The summed E-state index contributed by atoms with van der Waals surface area (Å²) in [4.78, 5) is 55.5. The van der Waals surface area contributed by atoms with Gasteiger partial charge in [-0.3, -0.25) is 29.0 Å². The Balaban J connectivity index is 0.000000202. The zero-order valence-electron chi connectivity index (χ0n) is 54.3. The van der Waals surface area contributed by atoms with Gasteiger partial charge >= 0.3 is 0 Å². The molecule has 4 aliphatic heterocycles. The van der Waals surface area contributed by atoms with Crippen LogP contribution in [0.5, 0.6) is 11.5 Å². The Labute approximate surface area is 414 Å². The summed E-state index contributed by atoms with van der Waals surface area (Å²) in [5.41, 5.74) is 6.35. The van der Waals surface area contributed by atoms with E-state index in [1.807, 2.05) is 0 Å². The number of likely N-dealkylation sites (tertiary alicyclic amines) is 1. The van der Waals surface area contributed by atoms with Crippen molar-refractivity contribution < 1.29 is 58.1 Å². The van der Waals surface area contributed by atoms with E-state index in [9.17, 15) is 19.2 Å². The third-order valence-electron chi connectivity index (χ3n) is 12.3. The van der Waals surface area contributed by atoms with Gasteiger partial charge in [0.2, 0.25) is 0 Å². The van der Waals surface area contributed by atoms with Crippen molar-refractivity contribution in [1.29, 1.82) is 0 Å². The van der Waals surface area contributed by atoms with Crippen LogP contribution in [-0.4, -0.2) is 94.2 Å². The van der Waals surface area contributed by atoms with Gasteiger partial charge < -0.3 is 24.0 Å². The van der Waals surface area contributed by atoms with Crippen molar-refractivity contribution in [2.75, 3.05) is 39.1 Å². The minimum absolute atomic E-state index is 0.00419. The van der Waals surface area contributed by atoms with E-state index in [1.165, 1.54) is 0 Å². The van der Waals surface area contributed by atoms with Crippen LogP contribution in [0.2, 0.25) is 0 Å². The predicted octanol–water partition coefficient (Wildman–Crippen LogP) is 8.62. The summed E-state index contributed by atoms with van der Waals surface area (Å²) in [6.45, 7) is -10.8. The molecule has 4 fully saturated rings. The molecule has 11 heteroatoms. The van der Waals surface area contributed by atoms with Crippen LogP contribution in [0.1, 0.15) is 136 Å². The number of carbonyl (C=O) groups is 4. The molecule has 4 aromatic rings. The molecule has 6 aliphatic rings. The van der Waals surface area contributed by atoms with Crippen molar-refractivity contribution >= 4 is 23.4 Å². The molecule has 66 heavy (non-hydrogen) atoms. The molecule has 10 rings (SSSR count). The molecule has 0 aromatic heterocycles. The highest BCUT2D eigenvalue weighted by molar-refractivity contribution is 6.03. The first-order chi connectivity index (χ1) is 38.9. The van der Waals surface area contributed by atoms with E-state index in [0.29, 0.717) is 85.9 Å². The van der Waals surface area contributed by atoms with Crippen LogP contribution < -0.4 is 9.47 Å². The SMILES string of the molecule is [2H]C1([2H])N(Cc2ccc(COc3cccc4c3CN(C3CCC(=C)CC3=O)C4=O)cc2)C([2H])([2H])C([2H])([2H])C([2H])([2H])C1([2H])[2H].[2H]C1([2H])OC([2H])([2H])C([2H])([2H])N(Cc2ccc(COc3cccc4c3CN(C3CCC(=C)CC3=O)C4=O)cc2)C1([2H])[2H]. The number of allylic oxidation sites excluding steroid dienone is 2. The molecule has 11 nitrogen and oxygen atoms in total. The van der Waals surface area contributed by atoms with Gasteiger partial charge in [-0.05, 0) is 97.9 Å². The van der Waals surface area contributed by atoms with E-state index in [-0.39, 0.29) is 62.5 Å². The highest BCUT2D eigenvalue weighted by Gasteiger charge is 2.40. The van der Waals surface area contributed by atoms with Crippen LogP contribution in [0.15, 0.2) is 109 Å². The fourth-order valence-corrected chi connectivity index (χ4v) is 8.78.